The summed E-state index contributed by atoms with van der Waals surface area (Å²) < 4.78 is 0. The largest absolute Gasteiger partial charge is 0.311 e. The van der Waals surface area contributed by atoms with Crippen molar-refractivity contribution in [1.82, 2.24) is 0 Å². The first-order chi connectivity index (χ1) is 29.8. The zero-order valence-electron chi connectivity index (χ0n) is 33.1. The standard InChI is InChI=1S/C59H41N/c1-3-15-42(16-4-1)43-29-35-50(36-30-43)60(52-39-33-46(34-40-52)54-26-14-18-45-17-7-8-23-53(45)54)51-37-31-44(32-38-51)47-19-13-22-49(41-47)59(48-20-5-2-6-21-48)57-27-11-9-24-55(57)56-25-10-12-28-58(56)59/h1-41H. The lowest BCUT2D eigenvalue weighted by Crippen LogP contribution is -2.28. The maximum atomic E-state index is 2.41. The molecule has 282 valence electrons. The minimum absolute atomic E-state index is 0.439. The van der Waals surface area contributed by atoms with Gasteiger partial charge in [-0.05, 0) is 120 Å². The van der Waals surface area contributed by atoms with Crippen LogP contribution in [0.2, 0.25) is 0 Å². The Kier molecular flexibility index (Phi) is 8.79. The van der Waals surface area contributed by atoms with Crippen LogP contribution in [0.15, 0.2) is 249 Å². The topological polar surface area (TPSA) is 3.24 Å². The van der Waals surface area contributed by atoms with Gasteiger partial charge in [-0.2, -0.15) is 0 Å². The Hall–Kier alpha value is -7.74. The molecule has 11 rings (SSSR count). The normalized spacial score (nSPS) is 12.5. The zero-order valence-corrected chi connectivity index (χ0v) is 33.1. The lowest BCUT2D eigenvalue weighted by atomic mass is 9.67. The number of fused-ring (bicyclic) bond motifs is 4. The van der Waals surface area contributed by atoms with Crippen molar-refractivity contribution >= 4 is 27.8 Å². The summed E-state index contributed by atoms with van der Waals surface area (Å²) >= 11 is 0. The Labute approximate surface area is 352 Å². The SMILES string of the molecule is c1ccc(-c2ccc(N(c3ccc(-c4cccc(C5(c6ccccc6)c6ccccc6-c6ccccc65)c4)cc3)c3ccc(-c4cccc5ccccc45)cc3)cc2)cc1. The molecule has 0 spiro atoms. The Morgan fingerprint density at radius 3 is 1.32 bits per heavy atom. The van der Waals surface area contributed by atoms with E-state index in [0.717, 1.165) is 17.1 Å². The second-order valence-corrected chi connectivity index (χ2v) is 15.7. The van der Waals surface area contributed by atoms with Gasteiger partial charge in [0.1, 0.15) is 0 Å². The fourth-order valence-electron chi connectivity index (χ4n) is 9.59. The summed E-state index contributed by atoms with van der Waals surface area (Å²) in [5.74, 6) is 0. The first kappa shape index (κ1) is 35.4. The van der Waals surface area contributed by atoms with Crippen LogP contribution in [-0.4, -0.2) is 0 Å². The Morgan fingerprint density at radius 2 is 0.683 bits per heavy atom. The zero-order chi connectivity index (χ0) is 39.9. The Balaban J connectivity index is 0.996. The number of benzene rings is 10. The first-order valence-corrected chi connectivity index (χ1v) is 20.8. The molecule has 10 aromatic carbocycles. The van der Waals surface area contributed by atoms with Crippen LogP contribution in [0.5, 0.6) is 0 Å². The van der Waals surface area contributed by atoms with Crippen LogP contribution >= 0.6 is 0 Å². The van der Waals surface area contributed by atoms with E-state index in [0.29, 0.717) is 0 Å². The van der Waals surface area contributed by atoms with Gasteiger partial charge in [0.25, 0.3) is 0 Å². The third-order valence-corrected chi connectivity index (χ3v) is 12.4. The third kappa shape index (κ3) is 5.94. The van der Waals surface area contributed by atoms with Gasteiger partial charge in [-0.3, -0.25) is 0 Å². The van der Waals surface area contributed by atoms with Gasteiger partial charge in [0, 0.05) is 17.1 Å². The van der Waals surface area contributed by atoms with Crippen molar-refractivity contribution in [3.8, 4) is 44.5 Å². The molecule has 0 aromatic heterocycles. The third-order valence-electron chi connectivity index (χ3n) is 12.4. The van der Waals surface area contributed by atoms with E-state index in [1.165, 1.54) is 77.5 Å². The molecule has 1 aliphatic rings. The van der Waals surface area contributed by atoms with Crippen LogP contribution in [0, 0.1) is 0 Å². The maximum Gasteiger partial charge on any atom is 0.0713 e. The fraction of sp³-hybridized carbons (Fsp3) is 0.0169. The summed E-state index contributed by atoms with van der Waals surface area (Å²) in [5.41, 5.74) is 17.9. The summed E-state index contributed by atoms with van der Waals surface area (Å²) in [6.45, 7) is 0. The second-order valence-electron chi connectivity index (χ2n) is 15.7. The Bertz CT molecular complexity index is 3060. The van der Waals surface area contributed by atoms with Crippen molar-refractivity contribution in [2.75, 3.05) is 4.90 Å². The highest BCUT2D eigenvalue weighted by Gasteiger charge is 2.45. The highest BCUT2D eigenvalue weighted by Crippen LogP contribution is 2.56. The van der Waals surface area contributed by atoms with Crippen molar-refractivity contribution in [2.45, 2.75) is 5.41 Å². The number of anilines is 3. The molecule has 0 saturated carbocycles. The van der Waals surface area contributed by atoms with Crippen LogP contribution in [0.4, 0.5) is 17.1 Å². The van der Waals surface area contributed by atoms with E-state index in [2.05, 4.69) is 254 Å². The molecule has 0 fully saturated rings. The average molecular weight is 764 g/mol. The van der Waals surface area contributed by atoms with E-state index in [-0.39, 0.29) is 0 Å². The van der Waals surface area contributed by atoms with Gasteiger partial charge >= 0.3 is 0 Å². The molecule has 0 saturated heterocycles. The minimum atomic E-state index is -0.439. The smallest absolute Gasteiger partial charge is 0.0713 e. The van der Waals surface area contributed by atoms with E-state index in [1.54, 1.807) is 0 Å². The number of hydrogen-bond acceptors (Lipinski definition) is 1. The molecule has 60 heavy (non-hydrogen) atoms. The van der Waals surface area contributed by atoms with E-state index < -0.39 is 5.41 Å². The molecule has 0 atom stereocenters. The van der Waals surface area contributed by atoms with Gasteiger partial charge in [-0.15, -0.1) is 0 Å². The predicted octanol–water partition coefficient (Wildman–Crippen LogP) is 15.7. The average Bonchev–Trinajstić information content (AvgIpc) is 3.64. The monoisotopic (exact) mass is 763 g/mol. The fourth-order valence-corrected chi connectivity index (χ4v) is 9.59. The van der Waals surface area contributed by atoms with Crippen molar-refractivity contribution in [3.63, 3.8) is 0 Å². The van der Waals surface area contributed by atoms with Crippen LogP contribution in [0.3, 0.4) is 0 Å². The van der Waals surface area contributed by atoms with Crippen LogP contribution < -0.4 is 4.90 Å². The molecular weight excluding hydrogens is 723 g/mol. The molecule has 0 amide bonds. The number of hydrogen-bond donors (Lipinski definition) is 0. The molecule has 1 heteroatoms. The minimum Gasteiger partial charge on any atom is -0.311 e. The molecule has 0 bridgehead atoms. The molecule has 1 aliphatic carbocycles. The highest BCUT2D eigenvalue weighted by molar-refractivity contribution is 5.97. The van der Waals surface area contributed by atoms with Crippen LogP contribution in [-0.2, 0) is 5.41 Å². The summed E-state index contributed by atoms with van der Waals surface area (Å²) in [6.07, 6.45) is 0. The number of nitrogens with zero attached hydrogens (tertiary/aromatic N) is 1. The van der Waals surface area contributed by atoms with Gasteiger partial charge in [-0.25, -0.2) is 0 Å². The quantitative estimate of drug-likeness (QED) is 0.149. The molecule has 0 heterocycles. The lowest BCUT2D eigenvalue weighted by molar-refractivity contribution is 0.769. The molecular formula is C59H41N. The summed E-state index contributed by atoms with van der Waals surface area (Å²) in [4.78, 5) is 2.36. The van der Waals surface area contributed by atoms with Crippen molar-refractivity contribution in [1.29, 1.82) is 0 Å². The van der Waals surface area contributed by atoms with E-state index in [4.69, 9.17) is 0 Å². The second kappa shape index (κ2) is 14.9. The van der Waals surface area contributed by atoms with Gasteiger partial charge in [0.15, 0.2) is 0 Å². The Morgan fingerprint density at radius 1 is 0.267 bits per heavy atom. The van der Waals surface area contributed by atoms with Crippen LogP contribution in [0.1, 0.15) is 22.3 Å². The predicted molar refractivity (Wildman–Crippen MR) is 252 cm³/mol. The molecule has 0 unspecified atom stereocenters. The lowest BCUT2D eigenvalue weighted by Gasteiger charge is -2.34. The summed E-state index contributed by atoms with van der Waals surface area (Å²) in [7, 11) is 0. The van der Waals surface area contributed by atoms with Crippen LogP contribution in [0.25, 0.3) is 55.3 Å². The number of rotatable bonds is 8. The van der Waals surface area contributed by atoms with Gasteiger partial charge in [0.05, 0.1) is 5.41 Å². The summed E-state index contributed by atoms with van der Waals surface area (Å²) in [5, 5.41) is 2.51. The molecule has 0 N–H and O–H groups in total. The highest BCUT2D eigenvalue weighted by atomic mass is 15.1. The van der Waals surface area contributed by atoms with Gasteiger partial charge < -0.3 is 4.90 Å². The molecule has 0 aliphatic heterocycles. The molecule has 10 aromatic rings. The molecule has 1 nitrogen and oxygen atoms in total. The maximum absolute atomic E-state index is 2.41. The first-order valence-electron chi connectivity index (χ1n) is 20.8. The van der Waals surface area contributed by atoms with Gasteiger partial charge in [0.2, 0.25) is 0 Å². The van der Waals surface area contributed by atoms with E-state index in [9.17, 15) is 0 Å². The molecule has 0 radical (unpaired) electrons. The van der Waals surface area contributed by atoms with Crippen molar-refractivity contribution < 1.29 is 0 Å². The van der Waals surface area contributed by atoms with E-state index in [1.807, 2.05) is 0 Å². The van der Waals surface area contributed by atoms with Crippen molar-refractivity contribution in [2.24, 2.45) is 0 Å². The van der Waals surface area contributed by atoms with E-state index >= 15 is 0 Å². The summed E-state index contributed by atoms with van der Waals surface area (Å²) in [6, 6.07) is 90.9. The van der Waals surface area contributed by atoms with Gasteiger partial charge in [-0.1, -0.05) is 206 Å². The van der Waals surface area contributed by atoms with Crippen molar-refractivity contribution in [3.05, 3.63) is 271 Å².